The van der Waals surface area contributed by atoms with E-state index in [1.54, 1.807) is 48.5 Å². The Morgan fingerprint density at radius 3 is 1.32 bits per heavy atom. The number of rotatable bonds is 8. The van der Waals surface area contributed by atoms with Gasteiger partial charge in [0.2, 0.25) is 0 Å². The molecule has 3 rings (SSSR count). The summed E-state index contributed by atoms with van der Waals surface area (Å²) in [6, 6.07) is 12.4. The van der Waals surface area contributed by atoms with Gasteiger partial charge in [0.15, 0.2) is 11.9 Å². The summed E-state index contributed by atoms with van der Waals surface area (Å²) in [4.78, 5) is 32.0. The Bertz CT molecular complexity index is 1030. The highest BCUT2D eigenvalue weighted by Crippen LogP contribution is 2.15. The lowest BCUT2D eigenvalue weighted by Crippen LogP contribution is -2.53. The van der Waals surface area contributed by atoms with Crippen molar-refractivity contribution in [2.24, 2.45) is 11.5 Å². The summed E-state index contributed by atoms with van der Waals surface area (Å²) in [5, 5.41) is 22.1. The Kier molecular flexibility index (Phi) is 10.5. The number of anilines is 2. The topological polar surface area (TPSA) is 171 Å². The van der Waals surface area contributed by atoms with Crippen molar-refractivity contribution >= 4 is 58.6 Å². The molecule has 1 fully saturated rings. The SMILES string of the molecule is N=C(N)N(CCN1CCN(CCN(C(=N)N)C(=O)Nc2ccc(Cl)cc2)CC1)C(=O)Nc1ccc(Cl)cc1. The zero-order valence-corrected chi connectivity index (χ0v) is 22.3. The molecule has 8 N–H and O–H groups in total. The summed E-state index contributed by atoms with van der Waals surface area (Å²) in [5.74, 6) is -0.674. The van der Waals surface area contributed by atoms with Crippen molar-refractivity contribution in [1.29, 1.82) is 10.8 Å². The van der Waals surface area contributed by atoms with Crippen LogP contribution in [0.2, 0.25) is 10.0 Å². The summed E-state index contributed by atoms with van der Waals surface area (Å²) in [6.07, 6.45) is 0. The molecule has 1 saturated heterocycles. The largest absolute Gasteiger partial charge is 0.370 e. The van der Waals surface area contributed by atoms with Crippen LogP contribution >= 0.6 is 23.2 Å². The number of hydrogen-bond donors (Lipinski definition) is 6. The first-order chi connectivity index (χ1) is 18.1. The van der Waals surface area contributed by atoms with Gasteiger partial charge in [-0.3, -0.25) is 30.4 Å². The molecule has 0 unspecified atom stereocenters. The van der Waals surface area contributed by atoms with Gasteiger partial charge in [0.05, 0.1) is 0 Å². The summed E-state index contributed by atoms with van der Waals surface area (Å²) < 4.78 is 0. The molecule has 0 aliphatic carbocycles. The average molecular weight is 563 g/mol. The van der Waals surface area contributed by atoms with Crippen molar-refractivity contribution in [3.8, 4) is 0 Å². The molecule has 0 radical (unpaired) electrons. The fraction of sp³-hybridized carbons (Fsp3) is 0.333. The molecule has 0 saturated carbocycles. The van der Waals surface area contributed by atoms with Crippen molar-refractivity contribution < 1.29 is 9.59 Å². The van der Waals surface area contributed by atoms with Crippen LogP contribution in [0.3, 0.4) is 0 Å². The van der Waals surface area contributed by atoms with Crippen LogP contribution < -0.4 is 22.1 Å². The minimum atomic E-state index is -0.486. The quantitative estimate of drug-likeness (QED) is 0.213. The predicted octanol–water partition coefficient (Wildman–Crippen LogP) is 2.77. The second-order valence-electron chi connectivity index (χ2n) is 8.63. The highest BCUT2D eigenvalue weighted by molar-refractivity contribution is 6.31. The predicted molar refractivity (Wildman–Crippen MR) is 151 cm³/mol. The maximum absolute atomic E-state index is 12.6. The van der Waals surface area contributed by atoms with Crippen molar-refractivity contribution in [3.63, 3.8) is 0 Å². The van der Waals surface area contributed by atoms with Gasteiger partial charge in [0, 0.05) is 73.8 Å². The third kappa shape index (κ3) is 8.77. The lowest BCUT2D eigenvalue weighted by molar-refractivity contribution is 0.124. The van der Waals surface area contributed by atoms with Crippen LogP contribution in [0, 0.1) is 10.8 Å². The summed E-state index contributed by atoms with van der Waals surface area (Å²) in [7, 11) is 0. The zero-order chi connectivity index (χ0) is 27.7. The third-order valence-electron chi connectivity index (χ3n) is 6.01. The summed E-state index contributed by atoms with van der Waals surface area (Å²) in [6.45, 7) is 4.57. The Labute approximate surface area is 231 Å². The fourth-order valence-electron chi connectivity index (χ4n) is 3.83. The van der Waals surface area contributed by atoms with Crippen LogP contribution in [-0.4, -0.2) is 95.9 Å². The van der Waals surface area contributed by atoms with Gasteiger partial charge in [-0.15, -0.1) is 0 Å². The van der Waals surface area contributed by atoms with E-state index in [-0.39, 0.29) is 25.0 Å². The molecule has 4 amide bonds. The number of nitrogens with zero attached hydrogens (tertiary/aromatic N) is 4. The molecule has 12 nitrogen and oxygen atoms in total. The molecule has 1 heterocycles. The molecular weight excluding hydrogens is 531 g/mol. The molecule has 0 spiro atoms. The number of nitrogens with one attached hydrogen (secondary N) is 4. The number of nitrogens with two attached hydrogens (primary N) is 2. The Hall–Kier alpha value is -3.58. The normalized spacial score (nSPS) is 13.9. The van der Waals surface area contributed by atoms with Gasteiger partial charge < -0.3 is 22.1 Å². The molecule has 2 aromatic rings. The molecule has 1 aliphatic heterocycles. The number of amides is 4. The fourth-order valence-corrected chi connectivity index (χ4v) is 4.08. The Morgan fingerprint density at radius 2 is 1.03 bits per heavy atom. The molecule has 2 aromatic carbocycles. The van der Waals surface area contributed by atoms with Crippen molar-refractivity contribution in [2.45, 2.75) is 0 Å². The third-order valence-corrected chi connectivity index (χ3v) is 6.51. The maximum atomic E-state index is 12.6. The van der Waals surface area contributed by atoms with Crippen LogP contribution in [0.25, 0.3) is 0 Å². The van der Waals surface area contributed by atoms with E-state index in [1.807, 2.05) is 0 Å². The standard InChI is InChI=1S/C24H32Cl2N10O2/c25-17-1-5-19(6-2-17)31-23(37)35(21(27)28)15-13-33-9-11-34(12-10-33)14-16-36(22(29)30)24(38)32-20-7-3-18(26)4-8-20/h1-8H,9-16H2,(H3,27,28)(H3,29,30)(H,31,37)(H,32,38). The molecular formula is C24H32Cl2N10O2. The van der Waals surface area contributed by atoms with Gasteiger partial charge in [0.25, 0.3) is 0 Å². The van der Waals surface area contributed by atoms with Gasteiger partial charge >= 0.3 is 12.1 Å². The Balaban J connectivity index is 1.42. The first-order valence-corrected chi connectivity index (χ1v) is 12.7. The van der Waals surface area contributed by atoms with Crippen LogP contribution in [0.1, 0.15) is 0 Å². The first kappa shape index (κ1) is 29.0. The van der Waals surface area contributed by atoms with Crippen molar-refractivity contribution in [3.05, 3.63) is 58.6 Å². The molecule has 0 atom stereocenters. The lowest BCUT2D eigenvalue weighted by atomic mass is 10.3. The lowest BCUT2D eigenvalue weighted by Gasteiger charge is -2.36. The number of halogens is 2. The van der Waals surface area contributed by atoms with E-state index in [9.17, 15) is 9.59 Å². The summed E-state index contributed by atoms with van der Waals surface area (Å²) >= 11 is 11.8. The van der Waals surface area contributed by atoms with E-state index in [1.165, 1.54) is 9.80 Å². The molecule has 14 heteroatoms. The molecule has 0 aromatic heterocycles. The first-order valence-electron chi connectivity index (χ1n) is 11.9. The van der Waals surface area contributed by atoms with E-state index in [0.717, 1.165) is 26.2 Å². The molecule has 38 heavy (non-hydrogen) atoms. The monoisotopic (exact) mass is 562 g/mol. The smallest absolute Gasteiger partial charge is 0.328 e. The van der Waals surface area contributed by atoms with Gasteiger partial charge in [-0.1, -0.05) is 23.2 Å². The molecule has 1 aliphatic rings. The van der Waals surface area contributed by atoms with Gasteiger partial charge in [-0.25, -0.2) is 9.59 Å². The average Bonchev–Trinajstić information content (AvgIpc) is 2.87. The van der Waals surface area contributed by atoms with Gasteiger partial charge in [-0.05, 0) is 48.5 Å². The van der Waals surface area contributed by atoms with Gasteiger partial charge in [-0.2, -0.15) is 0 Å². The summed E-state index contributed by atoms with van der Waals surface area (Å²) in [5.41, 5.74) is 12.4. The van der Waals surface area contributed by atoms with Crippen LogP contribution in [0.15, 0.2) is 48.5 Å². The van der Waals surface area contributed by atoms with Crippen molar-refractivity contribution in [1.82, 2.24) is 19.6 Å². The second-order valence-corrected chi connectivity index (χ2v) is 9.50. The number of carbonyl (C=O) groups excluding carboxylic acids is 2. The zero-order valence-electron chi connectivity index (χ0n) is 20.8. The van der Waals surface area contributed by atoms with Crippen molar-refractivity contribution in [2.75, 3.05) is 63.0 Å². The van der Waals surface area contributed by atoms with E-state index >= 15 is 0 Å². The molecule has 0 bridgehead atoms. The minimum Gasteiger partial charge on any atom is -0.370 e. The number of urea groups is 2. The van der Waals surface area contributed by atoms with E-state index < -0.39 is 12.1 Å². The number of guanidine groups is 2. The highest BCUT2D eigenvalue weighted by atomic mass is 35.5. The number of piperazine rings is 1. The van der Waals surface area contributed by atoms with E-state index in [0.29, 0.717) is 34.5 Å². The van der Waals surface area contributed by atoms with E-state index in [4.69, 9.17) is 45.5 Å². The van der Waals surface area contributed by atoms with Gasteiger partial charge in [0.1, 0.15) is 0 Å². The van der Waals surface area contributed by atoms with Crippen LogP contribution in [0.5, 0.6) is 0 Å². The minimum absolute atomic E-state index is 0.262. The number of carbonyl (C=O) groups is 2. The van der Waals surface area contributed by atoms with Crippen LogP contribution in [0.4, 0.5) is 21.0 Å². The number of benzene rings is 2. The Morgan fingerprint density at radius 1 is 0.711 bits per heavy atom. The maximum Gasteiger partial charge on any atom is 0.328 e. The molecule has 204 valence electrons. The van der Waals surface area contributed by atoms with E-state index in [2.05, 4.69) is 20.4 Å². The second kappa shape index (κ2) is 13.8. The van der Waals surface area contributed by atoms with Crippen LogP contribution in [-0.2, 0) is 0 Å². The highest BCUT2D eigenvalue weighted by Gasteiger charge is 2.23. The number of hydrogen-bond acceptors (Lipinski definition) is 6.